The molecule has 0 aromatic heterocycles. The van der Waals surface area contributed by atoms with Gasteiger partial charge in [-0.15, -0.1) is 0 Å². The Morgan fingerprint density at radius 3 is 1.76 bits per heavy atom. The molecule has 104 valence electrons. The maximum Gasteiger partial charge on any atom is 0.202 e. The molecule has 0 rings (SSSR count). The fourth-order valence-electron chi connectivity index (χ4n) is 2.47. The van der Waals surface area contributed by atoms with Gasteiger partial charge in [0, 0.05) is 12.8 Å². The Morgan fingerprint density at radius 2 is 1.47 bits per heavy atom. The Balaban J connectivity index is 4.58. The molecule has 0 aromatic rings. The van der Waals surface area contributed by atoms with Crippen LogP contribution in [0.25, 0.3) is 0 Å². The van der Waals surface area contributed by atoms with Gasteiger partial charge in [-0.25, -0.2) is 0 Å². The van der Waals surface area contributed by atoms with Crippen molar-refractivity contribution < 1.29 is 4.43 Å². The lowest BCUT2D eigenvalue weighted by atomic mass is 10.2. The highest BCUT2D eigenvalue weighted by atomic mass is 28.4. The molecule has 0 N–H and O–H groups in total. The summed E-state index contributed by atoms with van der Waals surface area (Å²) < 4.78 is 5.83. The lowest BCUT2D eigenvalue weighted by molar-refractivity contribution is 0.208. The zero-order valence-electron chi connectivity index (χ0n) is 12.9. The minimum Gasteiger partial charge on any atom is -0.419 e. The largest absolute Gasteiger partial charge is 0.419 e. The zero-order chi connectivity index (χ0) is 13.3. The first-order chi connectivity index (χ1) is 8.03. The summed E-state index contributed by atoms with van der Waals surface area (Å²) in [6.45, 7) is 14.1. The van der Waals surface area contributed by atoms with E-state index in [-0.39, 0.29) is 0 Å². The quantitative estimate of drug-likeness (QED) is 0.549. The van der Waals surface area contributed by atoms with E-state index in [9.17, 15) is 0 Å². The van der Waals surface area contributed by atoms with Crippen LogP contribution < -0.4 is 0 Å². The fourth-order valence-corrected chi connectivity index (χ4v) is 4.86. The third-order valence-corrected chi connectivity index (χ3v) is 7.18. The Labute approximate surface area is 110 Å². The molecule has 0 radical (unpaired) electrons. The van der Waals surface area contributed by atoms with E-state index in [0.29, 0.717) is 5.67 Å². The van der Waals surface area contributed by atoms with Crippen LogP contribution in [0.2, 0.25) is 13.1 Å². The average Bonchev–Trinajstić information content (AvgIpc) is 2.32. The van der Waals surface area contributed by atoms with E-state index in [2.05, 4.69) is 38.8 Å². The summed E-state index contributed by atoms with van der Waals surface area (Å²) in [5.74, 6) is 0. The van der Waals surface area contributed by atoms with Crippen LogP contribution in [-0.2, 0) is 4.43 Å². The van der Waals surface area contributed by atoms with Crippen LogP contribution >= 0.6 is 0 Å². The van der Waals surface area contributed by atoms with Crippen LogP contribution in [0.5, 0.6) is 0 Å². The molecule has 1 unspecified atom stereocenters. The second-order valence-corrected chi connectivity index (χ2v) is 9.76. The predicted octanol–water partition coefficient (Wildman–Crippen LogP) is 4.06. The smallest absolute Gasteiger partial charge is 0.202 e. The van der Waals surface area contributed by atoms with Gasteiger partial charge in [-0.3, -0.25) is 0 Å². The Hall–Kier alpha value is 0.137. The molecule has 2 nitrogen and oxygen atoms in total. The van der Waals surface area contributed by atoms with Gasteiger partial charge in [0.05, 0.1) is 0 Å². The maximum absolute atomic E-state index is 5.83. The van der Waals surface area contributed by atoms with E-state index in [1.54, 1.807) is 0 Å². The summed E-state index contributed by atoms with van der Waals surface area (Å²) in [5.41, 5.74) is 0.672. The lowest BCUT2D eigenvalue weighted by Crippen LogP contribution is -2.54. The van der Waals surface area contributed by atoms with Crippen LogP contribution in [0, 0.1) is 0 Å². The van der Waals surface area contributed by atoms with E-state index in [1.165, 1.54) is 45.2 Å². The Bertz CT molecular complexity index is 177. The molecular weight excluding hydrogens is 226 g/mol. The molecule has 1 atom stereocenters. The van der Waals surface area contributed by atoms with E-state index in [4.69, 9.17) is 4.43 Å². The molecule has 0 heterocycles. The van der Waals surface area contributed by atoms with Crippen molar-refractivity contribution in [1.82, 2.24) is 4.90 Å². The summed E-state index contributed by atoms with van der Waals surface area (Å²) in [4.78, 5) is 2.70. The second kappa shape index (κ2) is 9.12. The van der Waals surface area contributed by atoms with Gasteiger partial charge in [0.25, 0.3) is 0 Å². The van der Waals surface area contributed by atoms with Gasteiger partial charge in [-0.05, 0) is 45.4 Å². The van der Waals surface area contributed by atoms with E-state index < -0.39 is 8.32 Å². The number of unbranched alkanes of at least 4 members (excludes halogenated alkanes) is 2. The number of hydrogen-bond donors (Lipinski definition) is 0. The van der Waals surface area contributed by atoms with Crippen molar-refractivity contribution in [2.45, 2.75) is 71.6 Å². The van der Waals surface area contributed by atoms with Crippen LogP contribution in [0.15, 0.2) is 0 Å². The normalized spacial score (nSPS) is 14.3. The molecule has 0 aliphatic rings. The molecule has 0 aliphatic heterocycles. The van der Waals surface area contributed by atoms with Crippen LogP contribution in [0.4, 0.5) is 0 Å². The van der Waals surface area contributed by atoms with Crippen LogP contribution in [0.3, 0.4) is 0 Å². The van der Waals surface area contributed by atoms with Gasteiger partial charge >= 0.3 is 0 Å². The third kappa shape index (κ3) is 6.02. The van der Waals surface area contributed by atoms with Crippen molar-refractivity contribution in [3.05, 3.63) is 0 Å². The SMILES string of the molecule is CCCCN(CCCC)C(CC)[Si](C)(C)OC. The standard InChI is InChI=1S/C14H33NOSi/c1-7-10-12-15(13-11-8-2)14(9-3)17(5,6)16-4/h14H,7-13H2,1-6H3. The first kappa shape index (κ1) is 17.1. The first-order valence-electron chi connectivity index (χ1n) is 7.32. The summed E-state index contributed by atoms with van der Waals surface area (Å²) in [7, 11) is 0.352. The van der Waals surface area contributed by atoms with Crippen molar-refractivity contribution in [3.63, 3.8) is 0 Å². The molecule has 0 aromatic carbocycles. The van der Waals surface area contributed by atoms with Gasteiger partial charge in [0.2, 0.25) is 8.32 Å². The molecule has 17 heavy (non-hydrogen) atoms. The Kier molecular flexibility index (Phi) is 9.19. The van der Waals surface area contributed by atoms with E-state index in [1.807, 2.05) is 7.11 Å². The van der Waals surface area contributed by atoms with Crippen LogP contribution in [0.1, 0.15) is 52.9 Å². The van der Waals surface area contributed by atoms with Crippen LogP contribution in [-0.4, -0.2) is 39.1 Å². The Morgan fingerprint density at radius 1 is 1.00 bits per heavy atom. The number of nitrogens with zero attached hydrogens (tertiary/aromatic N) is 1. The molecule has 0 spiro atoms. The third-order valence-electron chi connectivity index (χ3n) is 3.75. The van der Waals surface area contributed by atoms with E-state index in [0.717, 1.165) is 0 Å². The minimum atomic E-state index is -1.54. The molecule has 0 bridgehead atoms. The summed E-state index contributed by atoms with van der Waals surface area (Å²) in [6, 6.07) is 0. The van der Waals surface area contributed by atoms with Crippen molar-refractivity contribution in [2.75, 3.05) is 20.2 Å². The van der Waals surface area contributed by atoms with Gasteiger partial charge in [0.1, 0.15) is 0 Å². The van der Waals surface area contributed by atoms with Crippen molar-refractivity contribution >= 4 is 8.32 Å². The number of rotatable bonds is 10. The van der Waals surface area contributed by atoms with Gasteiger partial charge in [0.15, 0.2) is 0 Å². The average molecular weight is 260 g/mol. The molecule has 3 heteroatoms. The summed E-state index contributed by atoms with van der Waals surface area (Å²) in [6.07, 6.45) is 6.42. The lowest BCUT2D eigenvalue weighted by Gasteiger charge is -2.39. The maximum atomic E-state index is 5.83. The van der Waals surface area contributed by atoms with Crippen molar-refractivity contribution in [3.8, 4) is 0 Å². The summed E-state index contributed by atoms with van der Waals surface area (Å²) in [5, 5.41) is 0. The van der Waals surface area contributed by atoms with Crippen molar-refractivity contribution in [1.29, 1.82) is 0 Å². The minimum absolute atomic E-state index is 0.672. The highest BCUT2D eigenvalue weighted by Gasteiger charge is 2.35. The van der Waals surface area contributed by atoms with Crippen molar-refractivity contribution in [2.24, 2.45) is 0 Å². The number of hydrogen-bond acceptors (Lipinski definition) is 2. The topological polar surface area (TPSA) is 12.5 Å². The van der Waals surface area contributed by atoms with E-state index >= 15 is 0 Å². The first-order valence-corrected chi connectivity index (χ1v) is 10.3. The summed E-state index contributed by atoms with van der Waals surface area (Å²) >= 11 is 0. The predicted molar refractivity (Wildman–Crippen MR) is 80.0 cm³/mol. The molecular formula is C14H33NOSi. The molecule has 0 aliphatic carbocycles. The van der Waals surface area contributed by atoms with Gasteiger partial charge in [-0.2, -0.15) is 0 Å². The molecule has 0 saturated carbocycles. The second-order valence-electron chi connectivity index (χ2n) is 5.47. The van der Waals surface area contributed by atoms with Gasteiger partial charge < -0.3 is 9.33 Å². The highest BCUT2D eigenvalue weighted by molar-refractivity contribution is 6.72. The zero-order valence-corrected chi connectivity index (χ0v) is 13.9. The van der Waals surface area contributed by atoms with Gasteiger partial charge in [-0.1, -0.05) is 33.6 Å². The molecule has 0 fully saturated rings. The monoisotopic (exact) mass is 259 g/mol. The highest BCUT2D eigenvalue weighted by Crippen LogP contribution is 2.20. The fraction of sp³-hybridized carbons (Fsp3) is 1.00. The molecule has 0 saturated heterocycles. The molecule has 0 amide bonds.